The van der Waals surface area contributed by atoms with Crippen LogP contribution in [0.15, 0.2) is 54.9 Å². The largest absolute Gasteiger partial charge is 0.351 e. The standard InChI is InChI=1S/C24H27N5O/c1-24(23(30)27-21-15-26-14-19(21)16-5-3-2-4-6-16)10-7-20-18(13-24)22(29-28-20)17-8-11-25-12-9-17/h2-6,8-9,11-12,19,21,26H,7,10,13-15H2,1H3,(H,27,30)(H,28,29)/t19-,21+,24?/m1/s1. The summed E-state index contributed by atoms with van der Waals surface area (Å²) in [6, 6.07) is 14.5. The van der Waals surface area contributed by atoms with Crippen LogP contribution in [0.25, 0.3) is 11.3 Å². The van der Waals surface area contributed by atoms with Gasteiger partial charge in [-0.25, -0.2) is 0 Å². The van der Waals surface area contributed by atoms with Crippen molar-refractivity contribution in [1.29, 1.82) is 0 Å². The minimum Gasteiger partial charge on any atom is -0.351 e. The summed E-state index contributed by atoms with van der Waals surface area (Å²) in [6.07, 6.45) is 5.91. The van der Waals surface area contributed by atoms with Crippen molar-refractivity contribution in [3.63, 3.8) is 0 Å². The Morgan fingerprint density at radius 3 is 2.73 bits per heavy atom. The number of amides is 1. The van der Waals surface area contributed by atoms with Gasteiger partial charge in [-0.2, -0.15) is 5.10 Å². The second-order valence-electron chi connectivity index (χ2n) is 8.76. The molecule has 3 aromatic rings. The summed E-state index contributed by atoms with van der Waals surface area (Å²) in [4.78, 5) is 17.6. The van der Waals surface area contributed by atoms with E-state index in [2.05, 4.69) is 57.0 Å². The van der Waals surface area contributed by atoms with Gasteiger partial charge in [-0.1, -0.05) is 37.3 Å². The highest BCUT2D eigenvalue weighted by Gasteiger charge is 2.41. The number of nitrogens with one attached hydrogen (secondary N) is 3. The van der Waals surface area contributed by atoms with Crippen LogP contribution in [-0.4, -0.2) is 40.2 Å². The van der Waals surface area contributed by atoms with E-state index in [-0.39, 0.29) is 11.9 Å². The molecule has 1 amide bonds. The lowest BCUT2D eigenvalue weighted by Crippen LogP contribution is -2.48. The Labute approximate surface area is 176 Å². The highest BCUT2D eigenvalue weighted by Crippen LogP contribution is 2.39. The highest BCUT2D eigenvalue weighted by atomic mass is 16.2. The first-order valence-electron chi connectivity index (χ1n) is 10.7. The van der Waals surface area contributed by atoms with Crippen molar-refractivity contribution in [2.75, 3.05) is 13.1 Å². The van der Waals surface area contributed by atoms with Gasteiger partial charge in [0.1, 0.15) is 0 Å². The molecule has 1 saturated heterocycles. The monoisotopic (exact) mass is 401 g/mol. The number of pyridine rings is 1. The van der Waals surface area contributed by atoms with Crippen LogP contribution in [0.2, 0.25) is 0 Å². The predicted molar refractivity (Wildman–Crippen MR) is 116 cm³/mol. The molecule has 1 aromatic carbocycles. The van der Waals surface area contributed by atoms with Gasteiger partial charge in [-0.3, -0.25) is 14.9 Å². The van der Waals surface area contributed by atoms with Gasteiger partial charge in [-0.05, 0) is 37.0 Å². The molecule has 0 bridgehead atoms. The molecular formula is C24H27N5O. The number of aromatic amines is 1. The van der Waals surface area contributed by atoms with Gasteiger partial charge in [0, 0.05) is 54.3 Å². The molecule has 0 radical (unpaired) electrons. The maximum atomic E-state index is 13.5. The maximum absolute atomic E-state index is 13.5. The first-order chi connectivity index (χ1) is 14.6. The molecule has 1 aliphatic carbocycles. The number of hydrogen-bond acceptors (Lipinski definition) is 4. The third-order valence-corrected chi connectivity index (χ3v) is 6.71. The Bertz CT molecular complexity index is 1030. The lowest BCUT2D eigenvalue weighted by atomic mass is 9.73. The first kappa shape index (κ1) is 19.0. The summed E-state index contributed by atoms with van der Waals surface area (Å²) in [7, 11) is 0. The topological polar surface area (TPSA) is 82.7 Å². The smallest absolute Gasteiger partial charge is 0.226 e. The summed E-state index contributed by atoms with van der Waals surface area (Å²) in [5.41, 5.74) is 5.12. The molecular weight excluding hydrogens is 374 g/mol. The molecule has 0 spiro atoms. The van der Waals surface area contributed by atoms with Crippen molar-refractivity contribution in [2.24, 2.45) is 5.41 Å². The number of aryl methyl sites for hydroxylation is 1. The van der Waals surface area contributed by atoms with Crippen molar-refractivity contribution in [2.45, 2.75) is 38.1 Å². The van der Waals surface area contributed by atoms with Gasteiger partial charge in [0.25, 0.3) is 0 Å². The highest BCUT2D eigenvalue weighted by molar-refractivity contribution is 5.84. The van der Waals surface area contributed by atoms with Crippen molar-refractivity contribution >= 4 is 5.91 Å². The van der Waals surface area contributed by atoms with Gasteiger partial charge in [0.05, 0.1) is 11.1 Å². The van der Waals surface area contributed by atoms with E-state index in [0.29, 0.717) is 12.3 Å². The molecule has 30 heavy (non-hydrogen) atoms. The summed E-state index contributed by atoms with van der Waals surface area (Å²) in [5.74, 6) is 0.448. The van der Waals surface area contributed by atoms with Crippen molar-refractivity contribution in [3.8, 4) is 11.3 Å². The molecule has 3 N–H and O–H groups in total. The first-order valence-corrected chi connectivity index (χ1v) is 10.7. The zero-order valence-corrected chi connectivity index (χ0v) is 17.2. The number of aromatic nitrogens is 3. The number of rotatable bonds is 4. The number of benzene rings is 1. The van der Waals surface area contributed by atoms with E-state index in [1.54, 1.807) is 12.4 Å². The number of carbonyl (C=O) groups is 1. The molecule has 1 unspecified atom stereocenters. The quantitative estimate of drug-likeness (QED) is 0.628. The van der Waals surface area contributed by atoms with Gasteiger partial charge in [-0.15, -0.1) is 0 Å². The van der Waals surface area contributed by atoms with Crippen LogP contribution in [0.5, 0.6) is 0 Å². The number of fused-ring (bicyclic) bond motifs is 1. The molecule has 3 heterocycles. The fraction of sp³-hybridized carbons (Fsp3) is 0.375. The summed E-state index contributed by atoms with van der Waals surface area (Å²) in [5, 5.41) is 14.6. The van der Waals surface area contributed by atoms with Gasteiger partial charge in [0.15, 0.2) is 0 Å². The van der Waals surface area contributed by atoms with E-state index < -0.39 is 5.41 Å². The van der Waals surface area contributed by atoms with E-state index in [9.17, 15) is 4.79 Å². The van der Waals surface area contributed by atoms with E-state index in [1.165, 1.54) is 5.56 Å². The number of H-pyrrole nitrogens is 1. The van der Waals surface area contributed by atoms with Crippen molar-refractivity contribution in [1.82, 2.24) is 25.8 Å². The predicted octanol–water partition coefficient (Wildman–Crippen LogP) is 2.84. The van der Waals surface area contributed by atoms with Gasteiger partial charge in [0.2, 0.25) is 5.91 Å². The van der Waals surface area contributed by atoms with E-state index in [1.807, 2.05) is 18.2 Å². The summed E-state index contributed by atoms with van der Waals surface area (Å²) >= 11 is 0. The second kappa shape index (κ2) is 7.69. The maximum Gasteiger partial charge on any atom is 0.226 e. The SMILES string of the molecule is CC1(C(=O)N[C@H]2CNC[C@@H]2c2ccccc2)CCc2[nH]nc(-c3ccncc3)c2C1. The van der Waals surface area contributed by atoms with Crippen LogP contribution >= 0.6 is 0 Å². The number of hydrogen-bond donors (Lipinski definition) is 3. The van der Waals surface area contributed by atoms with Gasteiger partial charge < -0.3 is 10.6 Å². The van der Waals surface area contributed by atoms with Crippen molar-refractivity contribution in [3.05, 3.63) is 71.7 Å². The summed E-state index contributed by atoms with van der Waals surface area (Å²) < 4.78 is 0. The van der Waals surface area contributed by atoms with E-state index in [4.69, 9.17) is 0 Å². The number of nitrogens with zero attached hydrogens (tertiary/aromatic N) is 2. The molecule has 1 aliphatic heterocycles. The molecule has 0 saturated carbocycles. The molecule has 5 rings (SSSR count). The lowest BCUT2D eigenvalue weighted by Gasteiger charge is -2.34. The Balaban J connectivity index is 1.35. The fourth-order valence-corrected chi connectivity index (χ4v) is 4.84. The van der Waals surface area contributed by atoms with Crippen LogP contribution in [-0.2, 0) is 17.6 Å². The van der Waals surface area contributed by atoms with Crippen LogP contribution in [0.1, 0.15) is 36.1 Å². The third kappa shape index (κ3) is 3.41. The average Bonchev–Trinajstić information content (AvgIpc) is 3.41. The Morgan fingerprint density at radius 2 is 1.93 bits per heavy atom. The zero-order valence-electron chi connectivity index (χ0n) is 17.2. The number of carbonyl (C=O) groups excluding carboxylic acids is 1. The molecule has 6 heteroatoms. The van der Waals surface area contributed by atoms with Crippen LogP contribution in [0.3, 0.4) is 0 Å². The lowest BCUT2D eigenvalue weighted by molar-refractivity contribution is -0.131. The molecule has 2 aromatic heterocycles. The Hall–Kier alpha value is -2.99. The summed E-state index contributed by atoms with van der Waals surface area (Å²) in [6.45, 7) is 3.79. The van der Waals surface area contributed by atoms with E-state index in [0.717, 1.165) is 48.4 Å². The van der Waals surface area contributed by atoms with Crippen LogP contribution < -0.4 is 10.6 Å². The molecule has 3 atom stereocenters. The van der Waals surface area contributed by atoms with Crippen molar-refractivity contribution < 1.29 is 4.79 Å². The third-order valence-electron chi connectivity index (χ3n) is 6.71. The molecule has 6 nitrogen and oxygen atoms in total. The molecule has 1 fully saturated rings. The fourth-order valence-electron chi connectivity index (χ4n) is 4.84. The minimum absolute atomic E-state index is 0.113. The molecule has 2 aliphatic rings. The van der Waals surface area contributed by atoms with Crippen LogP contribution in [0.4, 0.5) is 0 Å². The Kier molecular flexibility index (Phi) is 4.87. The van der Waals surface area contributed by atoms with Crippen LogP contribution in [0, 0.1) is 5.41 Å². The second-order valence-corrected chi connectivity index (χ2v) is 8.76. The Morgan fingerprint density at radius 1 is 1.13 bits per heavy atom. The van der Waals surface area contributed by atoms with Gasteiger partial charge >= 0.3 is 0 Å². The zero-order chi connectivity index (χ0) is 20.6. The molecule has 154 valence electrons. The minimum atomic E-state index is -0.442. The van der Waals surface area contributed by atoms with E-state index >= 15 is 0 Å². The average molecular weight is 402 g/mol. The normalized spacial score (nSPS) is 25.6.